The van der Waals surface area contributed by atoms with Crippen LogP contribution in [-0.2, 0) is 0 Å². The molecule has 1 aliphatic rings. The smallest absolute Gasteiger partial charge is 0.317 e. The van der Waals surface area contributed by atoms with E-state index in [9.17, 15) is 4.79 Å². The molecule has 150 valence electrons. The zero-order chi connectivity index (χ0) is 20.3. The Labute approximate surface area is 175 Å². The molecular formula is C20H25Cl2N5O. The second-order valence-electron chi connectivity index (χ2n) is 7.24. The third-order valence-corrected chi connectivity index (χ3v) is 6.21. The second-order valence-corrected chi connectivity index (χ2v) is 7.99. The van der Waals surface area contributed by atoms with Crippen molar-refractivity contribution in [1.29, 1.82) is 0 Å². The quantitative estimate of drug-likeness (QED) is 0.801. The number of nitrogens with zero attached hydrogens (tertiary/aromatic N) is 4. The first-order chi connectivity index (χ1) is 13.4. The van der Waals surface area contributed by atoms with Gasteiger partial charge in [-0.1, -0.05) is 35.3 Å². The van der Waals surface area contributed by atoms with Crippen LogP contribution >= 0.6 is 23.2 Å². The van der Waals surface area contributed by atoms with Crippen molar-refractivity contribution in [2.24, 2.45) is 0 Å². The van der Waals surface area contributed by atoms with Crippen LogP contribution in [0.5, 0.6) is 0 Å². The van der Waals surface area contributed by atoms with Gasteiger partial charge in [0.1, 0.15) is 0 Å². The summed E-state index contributed by atoms with van der Waals surface area (Å²) in [6.45, 7) is 3.91. The Morgan fingerprint density at radius 1 is 1.25 bits per heavy atom. The van der Waals surface area contributed by atoms with E-state index in [1.54, 1.807) is 23.5 Å². The van der Waals surface area contributed by atoms with E-state index < -0.39 is 0 Å². The van der Waals surface area contributed by atoms with Crippen LogP contribution in [0.3, 0.4) is 0 Å². The van der Waals surface area contributed by atoms with Crippen molar-refractivity contribution < 1.29 is 4.79 Å². The Hall–Kier alpha value is -1.89. The Kier molecular flexibility index (Phi) is 6.75. The van der Waals surface area contributed by atoms with Gasteiger partial charge in [0.15, 0.2) is 0 Å². The highest BCUT2D eigenvalue weighted by molar-refractivity contribution is 6.44. The molecule has 3 rings (SSSR count). The van der Waals surface area contributed by atoms with Gasteiger partial charge >= 0.3 is 6.03 Å². The summed E-state index contributed by atoms with van der Waals surface area (Å²) in [5.74, 6) is 0. The maximum absolute atomic E-state index is 12.7. The van der Waals surface area contributed by atoms with Crippen LogP contribution in [0.2, 0.25) is 10.0 Å². The number of benzene rings is 1. The molecule has 0 radical (unpaired) electrons. The van der Waals surface area contributed by atoms with E-state index in [0.29, 0.717) is 21.3 Å². The van der Waals surface area contributed by atoms with Gasteiger partial charge in [-0.3, -0.25) is 9.97 Å². The average Bonchev–Trinajstić information content (AvgIpc) is 2.70. The molecule has 1 aliphatic heterocycles. The number of halogens is 2. The SMILES string of the molecule is C[C@@H](NC(=O)N(C)C1CCN(C)CC1)c1ccc(-c2cnccn2)c(Cl)c1Cl. The normalized spacial score (nSPS) is 16.6. The Morgan fingerprint density at radius 3 is 2.61 bits per heavy atom. The van der Waals surface area contributed by atoms with Crippen LogP contribution in [-0.4, -0.2) is 59.0 Å². The average molecular weight is 422 g/mol. The van der Waals surface area contributed by atoms with Gasteiger partial charge in [-0.05, 0) is 45.5 Å². The number of urea groups is 1. The Balaban J connectivity index is 1.71. The number of likely N-dealkylation sites (tertiary alicyclic amines) is 1. The van der Waals surface area contributed by atoms with E-state index >= 15 is 0 Å². The molecule has 2 heterocycles. The molecule has 1 fully saturated rings. The van der Waals surface area contributed by atoms with Crippen LogP contribution in [0.1, 0.15) is 31.4 Å². The summed E-state index contributed by atoms with van der Waals surface area (Å²) in [5, 5.41) is 3.86. The van der Waals surface area contributed by atoms with Crippen molar-refractivity contribution in [3.8, 4) is 11.3 Å². The Bertz CT molecular complexity index is 825. The lowest BCUT2D eigenvalue weighted by atomic mass is 10.0. The Morgan fingerprint density at radius 2 is 1.96 bits per heavy atom. The number of piperidine rings is 1. The molecule has 2 aromatic rings. The molecule has 0 saturated carbocycles. The summed E-state index contributed by atoms with van der Waals surface area (Å²) in [6, 6.07) is 3.60. The molecular weight excluding hydrogens is 397 g/mol. The first-order valence-electron chi connectivity index (χ1n) is 9.34. The van der Waals surface area contributed by atoms with Crippen molar-refractivity contribution in [1.82, 2.24) is 25.1 Å². The molecule has 2 amide bonds. The highest BCUT2D eigenvalue weighted by Gasteiger charge is 2.25. The third kappa shape index (κ3) is 4.57. The molecule has 1 aromatic heterocycles. The van der Waals surface area contributed by atoms with Gasteiger partial charge in [-0.15, -0.1) is 0 Å². The molecule has 28 heavy (non-hydrogen) atoms. The largest absolute Gasteiger partial charge is 0.331 e. The minimum Gasteiger partial charge on any atom is -0.331 e. The van der Waals surface area contributed by atoms with Crippen molar-refractivity contribution in [3.63, 3.8) is 0 Å². The predicted octanol–water partition coefficient (Wildman–Crippen LogP) is 4.25. The molecule has 1 N–H and O–H groups in total. The van der Waals surface area contributed by atoms with Gasteiger partial charge in [-0.25, -0.2) is 4.79 Å². The van der Waals surface area contributed by atoms with Gasteiger partial charge in [-0.2, -0.15) is 0 Å². The number of amides is 2. The van der Waals surface area contributed by atoms with Crippen LogP contribution < -0.4 is 5.32 Å². The third-order valence-electron chi connectivity index (χ3n) is 5.31. The van der Waals surface area contributed by atoms with Crippen molar-refractivity contribution >= 4 is 29.2 Å². The van der Waals surface area contributed by atoms with Gasteiger partial charge in [0.2, 0.25) is 0 Å². The van der Waals surface area contributed by atoms with Gasteiger partial charge < -0.3 is 15.1 Å². The van der Waals surface area contributed by atoms with Crippen LogP contribution in [0.15, 0.2) is 30.7 Å². The zero-order valence-corrected chi connectivity index (χ0v) is 17.8. The lowest BCUT2D eigenvalue weighted by Crippen LogP contribution is -2.48. The summed E-state index contributed by atoms with van der Waals surface area (Å²) in [6.07, 6.45) is 6.81. The van der Waals surface area contributed by atoms with Crippen molar-refractivity contribution in [2.75, 3.05) is 27.2 Å². The number of nitrogens with one attached hydrogen (secondary N) is 1. The van der Waals surface area contributed by atoms with Crippen LogP contribution in [0.25, 0.3) is 11.3 Å². The molecule has 0 aliphatic carbocycles. The van der Waals surface area contributed by atoms with E-state index in [0.717, 1.165) is 31.5 Å². The molecule has 1 atom stereocenters. The topological polar surface area (TPSA) is 61.4 Å². The zero-order valence-electron chi connectivity index (χ0n) is 16.3. The minimum absolute atomic E-state index is 0.104. The molecule has 1 aromatic carbocycles. The molecule has 0 bridgehead atoms. The summed E-state index contributed by atoms with van der Waals surface area (Å²) in [7, 11) is 3.96. The molecule has 0 spiro atoms. The number of aromatic nitrogens is 2. The number of carbonyl (C=O) groups excluding carboxylic acids is 1. The lowest BCUT2D eigenvalue weighted by molar-refractivity contribution is 0.146. The van der Waals surface area contributed by atoms with Gasteiger partial charge in [0, 0.05) is 31.0 Å². The van der Waals surface area contributed by atoms with E-state index in [-0.39, 0.29) is 18.1 Å². The highest BCUT2D eigenvalue weighted by Crippen LogP contribution is 2.37. The van der Waals surface area contributed by atoms with Crippen molar-refractivity contribution in [3.05, 3.63) is 46.3 Å². The standard InChI is InChI=1S/C20H25Cl2N5O/c1-13(25-20(28)27(3)14-6-10-26(2)11-7-14)15-4-5-16(19(22)18(15)21)17-12-23-8-9-24-17/h4-5,8-9,12-14H,6-7,10-11H2,1-3H3,(H,25,28)/t13-/m1/s1. The summed E-state index contributed by atoms with van der Waals surface area (Å²) in [5.41, 5.74) is 2.13. The molecule has 8 heteroatoms. The lowest BCUT2D eigenvalue weighted by Gasteiger charge is -2.35. The molecule has 1 saturated heterocycles. The number of hydrogen-bond acceptors (Lipinski definition) is 4. The minimum atomic E-state index is -0.276. The number of hydrogen-bond donors (Lipinski definition) is 1. The molecule has 0 unspecified atom stereocenters. The number of rotatable bonds is 4. The van der Waals surface area contributed by atoms with Gasteiger partial charge in [0.25, 0.3) is 0 Å². The predicted molar refractivity (Wildman–Crippen MR) is 113 cm³/mol. The summed E-state index contributed by atoms with van der Waals surface area (Å²) in [4.78, 5) is 25.1. The highest BCUT2D eigenvalue weighted by atomic mass is 35.5. The van der Waals surface area contributed by atoms with Crippen LogP contribution in [0.4, 0.5) is 4.79 Å². The van der Waals surface area contributed by atoms with E-state index in [1.165, 1.54) is 0 Å². The number of carbonyl (C=O) groups is 1. The maximum Gasteiger partial charge on any atom is 0.317 e. The fraction of sp³-hybridized carbons (Fsp3) is 0.450. The van der Waals surface area contributed by atoms with Crippen molar-refractivity contribution in [2.45, 2.75) is 31.8 Å². The monoisotopic (exact) mass is 421 g/mol. The first-order valence-corrected chi connectivity index (χ1v) is 10.1. The second kappa shape index (κ2) is 9.07. The fourth-order valence-electron chi connectivity index (χ4n) is 3.45. The summed E-state index contributed by atoms with van der Waals surface area (Å²) < 4.78 is 0. The van der Waals surface area contributed by atoms with Crippen LogP contribution in [0, 0.1) is 0 Å². The molecule has 6 nitrogen and oxygen atoms in total. The van der Waals surface area contributed by atoms with Gasteiger partial charge in [0.05, 0.1) is 28.0 Å². The van der Waals surface area contributed by atoms with E-state index in [2.05, 4.69) is 27.2 Å². The first kappa shape index (κ1) is 20.8. The van der Waals surface area contributed by atoms with E-state index in [1.807, 2.05) is 26.1 Å². The maximum atomic E-state index is 12.7. The summed E-state index contributed by atoms with van der Waals surface area (Å²) >= 11 is 13.0. The van der Waals surface area contributed by atoms with E-state index in [4.69, 9.17) is 23.2 Å². The fourth-order valence-corrected chi connectivity index (χ4v) is 4.05.